The van der Waals surface area contributed by atoms with E-state index >= 15 is 0 Å². The highest BCUT2D eigenvalue weighted by molar-refractivity contribution is 6.30. The van der Waals surface area contributed by atoms with E-state index in [1.165, 1.54) is 0 Å². The van der Waals surface area contributed by atoms with Gasteiger partial charge < -0.3 is 14.6 Å². The van der Waals surface area contributed by atoms with Crippen LogP contribution in [-0.2, 0) is 0 Å². The SMILES string of the molecule is N#Cc1nc(/C=C/c2ccc(Cl)cc2)oc1N1CCNCC1. The topological polar surface area (TPSA) is 65.1 Å². The van der Waals surface area contributed by atoms with E-state index in [0.29, 0.717) is 22.5 Å². The second kappa shape index (κ2) is 6.65. The van der Waals surface area contributed by atoms with Crippen molar-refractivity contribution in [2.75, 3.05) is 31.1 Å². The monoisotopic (exact) mass is 314 g/mol. The van der Waals surface area contributed by atoms with Gasteiger partial charge in [-0.25, -0.2) is 0 Å². The van der Waals surface area contributed by atoms with E-state index in [0.717, 1.165) is 31.7 Å². The van der Waals surface area contributed by atoms with Crippen LogP contribution < -0.4 is 10.2 Å². The Morgan fingerprint density at radius 3 is 2.64 bits per heavy atom. The average Bonchev–Trinajstić information content (AvgIpc) is 2.98. The number of piperazine rings is 1. The number of halogens is 1. The van der Waals surface area contributed by atoms with Crippen LogP contribution >= 0.6 is 11.6 Å². The van der Waals surface area contributed by atoms with Crippen LogP contribution in [0.5, 0.6) is 0 Å². The van der Waals surface area contributed by atoms with E-state index < -0.39 is 0 Å². The maximum atomic E-state index is 9.22. The summed E-state index contributed by atoms with van der Waals surface area (Å²) in [5.74, 6) is 0.986. The summed E-state index contributed by atoms with van der Waals surface area (Å²) in [6.07, 6.45) is 3.64. The molecule has 1 aromatic carbocycles. The minimum Gasteiger partial charge on any atom is -0.420 e. The van der Waals surface area contributed by atoms with Crippen LogP contribution in [0, 0.1) is 11.3 Å². The van der Waals surface area contributed by atoms with Crippen molar-refractivity contribution in [2.24, 2.45) is 0 Å². The Morgan fingerprint density at radius 2 is 1.95 bits per heavy atom. The van der Waals surface area contributed by atoms with Gasteiger partial charge in [0.2, 0.25) is 17.5 Å². The zero-order valence-electron chi connectivity index (χ0n) is 11.9. The highest BCUT2D eigenvalue weighted by atomic mass is 35.5. The van der Waals surface area contributed by atoms with Gasteiger partial charge in [0.1, 0.15) is 6.07 Å². The van der Waals surface area contributed by atoms with Gasteiger partial charge in [0.25, 0.3) is 0 Å². The fraction of sp³-hybridized carbons (Fsp3) is 0.250. The molecule has 0 spiro atoms. The molecular formula is C16H15ClN4O. The lowest BCUT2D eigenvalue weighted by molar-refractivity contribution is 0.498. The molecule has 0 bridgehead atoms. The third kappa shape index (κ3) is 3.30. The number of rotatable bonds is 3. The van der Waals surface area contributed by atoms with Gasteiger partial charge in [-0.1, -0.05) is 23.7 Å². The van der Waals surface area contributed by atoms with Crippen molar-refractivity contribution in [2.45, 2.75) is 0 Å². The smallest absolute Gasteiger partial charge is 0.235 e. The Bertz CT molecular complexity index is 709. The second-order valence-corrected chi connectivity index (χ2v) is 5.38. The normalized spacial score (nSPS) is 15.2. The molecule has 1 aliphatic heterocycles. The van der Waals surface area contributed by atoms with E-state index in [1.54, 1.807) is 6.08 Å². The number of nitrogens with one attached hydrogen (secondary N) is 1. The standard InChI is InChI=1S/C16H15ClN4O/c17-13-4-1-12(2-5-13)3-6-15-20-14(11-18)16(22-15)21-9-7-19-8-10-21/h1-6,19H,7-10H2/b6-3+. The average molecular weight is 315 g/mol. The molecule has 0 radical (unpaired) electrons. The number of anilines is 1. The lowest BCUT2D eigenvalue weighted by Crippen LogP contribution is -2.43. The lowest BCUT2D eigenvalue weighted by Gasteiger charge is -2.26. The van der Waals surface area contributed by atoms with E-state index in [-0.39, 0.29) is 0 Å². The maximum absolute atomic E-state index is 9.22. The van der Waals surface area contributed by atoms with Crippen LogP contribution in [0.25, 0.3) is 12.2 Å². The Kier molecular flexibility index (Phi) is 4.42. The number of hydrogen-bond donors (Lipinski definition) is 1. The summed E-state index contributed by atoms with van der Waals surface area (Å²) in [6.45, 7) is 3.37. The molecule has 1 aromatic heterocycles. The van der Waals surface area contributed by atoms with Crippen LogP contribution in [0.4, 0.5) is 5.88 Å². The maximum Gasteiger partial charge on any atom is 0.235 e. The van der Waals surface area contributed by atoms with E-state index in [4.69, 9.17) is 16.0 Å². The summed E-state index contributed by atoms with van der Waals surface area (Å²) in [5, 5.41) is 13.2. The van der Waals surface area contributed by atoms with Crippen molar-refractivity contribution in [3.05, 3.63) is 46.4 Å². The number of benzene rings is 1. The summed E-state index contributed by atoms with van der Waals surface area (Å²) in [4.78, 5) is 6.28. The summed E-state index contributed by atoms with van der Waals surface area (Å²) < 4.78 is 5.74. The third-order valence-corrected chi connectivity index (χ3v) is 3.68. The first-order chi connectivity index (χ1) is 10.8. The van der Waals surface area contributed by atoms with Crippen LogP contribution in [0.3, 0.4) is 0 Å². The summed E-state index contributed by atoms with van der Waals surface area (Å²) >= 11 is 5.86. The minimum absolute atomic E-state index is 0.331. The highest BCUT2D eigenvalue weighted by Gasteiger charge is 2.20. The van der Waals surface area contributed by atoms with Crippen molar-refractivity contribution in [3.63, 3.8) is 0 Å². The fourth-order valence-electron chi connectivity index (χ4n) is 2.30. The first-order valence-electron chi connectivity index (χ1n) is 7.06. The molecule has 0 aliphatic carbocycles. The zero-order chi connectivity index (χ0) is 15.4. The summed E-state index contributed by atoms with van der Waals surface area (Å²) in [6, 6.07) is 9.56. The van der Waals surface area contributed by atoms with Gasteiger partial charge in [0.05, 0.1) is 0 Å². The zero-order valence-corrected chi connectivity index (χ0v) is 12.7. The van der Waals surface area contributed by atoms with E-state index in [2.05, 4.69) is 16.4 Å². The number of hydrogen-bond acceptors (Lipinski definition) is 5. The minimum atomic E-state index is 0.331. The number of nitriles is 1. The van der Waals surface area contributed by atoms with Gasteiger partial charge in [0, 0.05) is 37.3 Å². The molecule has 6 heteroatoms. The molecule has 1 aliphatic rings. The van der Waals surface area contributed by atoms with Gasteiger partial charge in [0.15, 0.2) is 0 Å². The predicted octanol–water partition coefficient (Wildman–Crippen LogP) is 2.78. The van der Waals surface area contributed by atoms with Crippen molar-refractivity contribution in [1.29, 1.82) is 5.26 Å². The van der Waals surface area contributed by atoms with E-state index in [1.807, 2.05) is 35.2 Å². The Labute approximate surface area is 133 Å². The largest absolute Gasteiger partial charge is 0.420 e. The molecule has 1 fully saturated rings. The molecule has 22 heavy (non-hydrogen) atoms. The molecule has 3 rings (SSSR count). The lowest BCUT2D eigenvalue weighted by atomic mass is 10.2. The molecule has 2 aromatic rings. The van der Waals surface area contributed by atoms with Gasteiger partial charge >= 0.3 is 0 Å². The van der Waals surface area contributed by atoms with Crippen LogP contribution in [0.2, 0.25) is 5.02 Å². The van der Waals surface area contributed by atoms with Crippen LogP contribution in [0.15, 0.2) is 28.7 Å². The number of oxazole rings is 1. The van der Waals surface area contributed by atoms with Crippen molar-refractivity contribution < 1.29 is 4.42 Å². The van der Waals surface area contributed by atoms with Crippen LogP contribution in [0.1, 0.15) is 17.1 Å². The van der Waals surface area contributed by atoms with Gasteiger partial charge in [-0.15, -0.1) is 0 Å². The van der Waals surface area contributed by atoms with Gasteiger partial charge in [-0.3, -0.25) is 0 Å². The Hall–Kier alpha value is -2.29. The molecular weight excluding hydrogens is 300 g/mol. The molecule has 5 nitrogen and oxygen atoms in total. The first-order valence-corrected chi connectivity index (χ1v) is 7.44. The predicted molar refractivity (Wildman–Crippen MR) is 86.7 cm³/mol. The number of nitrogens with zero attached hydrogens (tertiary/aromatic N) is 3. The van der Waals surface area contributed by atoms with Gasteiger partial charge in [-0.2, -0.15) is 10.2 Å². The summed E-state index contributed by atoms with van der Waals surface area (Å²) in [5.41, 5.74) is 1.32. The van der Waals surface area contributed by atoms with Crippen LogP contribution in [-0.4, -0.2) is 31.2 Å². The molecule has 0 saturated carbocycles. The second-order valence-electron chi connectivity index (χ2n) is 4.94. The third-order valence-electron chi connectivity index (χ3n) is 3.42. The van der Waals surface area contributed by atoms with Crippen molar-refractivity contribution in [3.8, 4) is 6.07 Å². The first kappa shape index (κ1) is 14.6. The highest BCUT2D eigenvalue weighted by Crippen LogP contribution is 2.23. The molecule has 0 atom stereocenters. The Balaban J connectivity index is 1.81. The molecule has 112 valence electrons. The molecule has 1 N–H and O–H groups in total. The Morgan fingerprint density at radius 1 is 1.23 bits per heavy atom. The van der Waals surface area contributed by atoms with Gasteiger partial charge in [-0.05, 0) is 23.8 Å². The molecule has 0 amide bonds. The van der Waals surface area contributed by atoms with Crippen molar-refractivity contribution in [1.82, 2.24) is 10.3 Å². The number of aromatic nitrogens is 1. The molecule has 2 heterocycles. The fourth-order valence-corrected chi connectivity index (χ4v) is 2.42. The molecule has 1 saturated heterocycles. The van der Waals surface area contributed by atoms with Crippen molar-refractivity contribution >= 4 is 29.6 Å². The summed E-state index contributed by atoms with van der Waals surface area (Å²) in [7, 11) is 0. The quantitative estimate of drug-likeness (QED) is 0.943. The molecule has 0 unspecified atom stereocenters. The van der Waals surface area contributed by atoms with E-state index in [9.17, 15) is 5.26 Å².